The first-order valence-electron chi connectivity index (χ1n) is 21.1. The van der Waals surface area contributed by atoms with Gasteiger partial charge in [0.05, 0.1) is 39.9 Å². The number of hydrogen-bond donors (Lipinski definition) is 2. The van der Waals surface area contributed by atoms with E-state index in [1.165, 1.54) is 99.0 Å². The third-order valence-electron chi connectivity index (χ3n) is 12.8. The number of methoxy groups -OCH3 is 1. The Kier molecular flexibility index (Phi) is 11.6. The van der Waals surface area contributed by atoms with Gasteiger partial charge in [-0.25, -0.2) is 46.3 Å². The lowest BCUT2D eigenvalue weighted by Gasteiger charge is -2.56. The van der Waals surface area contributed by atoms with Gasteiger partial charge in [-0.2, -0.15) is 0 Å². The molecule has 4 heterocycles. The zero-order valence-corrected chi connectivity index (χ0v) is 36.2. The van der Waals surface area contributed by atoms with Gasteiger partial charge in [0.15, 0.2) is 5.82 Å². The van der Waals surface area contributed by atoms with E-state index >= 15 is 8.78 Å². The third kappa shape index (κ3) is 8.77. The Morgan fingerprint density at radius 1 is 0.877 bits per heavy atom. The lowest BCUT2D eigenvalue weighted by Crippen LogP contribution is -2.50. The fourth-order valence-electron chi connectivity index (χ4n) is 10.2. The van der Waals surface area contributed by atoms with Crippen molar-refractivity contribution in [2.75, 3.05) is 18.4 Å². The van der Waals surface area contributed by atoms with E-state index in [4.69, 9.17) is 9.47 Å². The summed E-state index contributed by atoms with van der Waals surface area (Å²) < 4.78 is 73.2. The van der Waals surface area contributed by atoms with Crippen LogP contribution in [0.3, 0.4) is 0 Å². The van der Waals surface area contributed by atoms with Crippen LogP contribution in [-0.4, -0.2) is 69.1 Å². The Labute approximate surface area is 371 Å². The Hall–Kier alpha value is -6.73. The molecule has 2 N–H and O–H groups in total. The van der Waals surface area contributed by atoms with Gasteiger partial charge in [-0.1, -0.05) is 18.2 Å². The van der Waals surface area contributed by atoms with E-state index in [1.807, 2.05) is 4.72 Å². The van der Waals surface area contributed by atoms with E-state index in [2.05, 4.69) is 25.3 Å². The predicted octanol–water partition coefficient (Wildman–Crippen LogP) is 5.26. The highest BCUT2D eigenvalue weighted by Gasteiger charge is 2.51. The molecule has 336 valence electrons. The van der Waals surface area contributed by atoms with Crippen LogP contribution in [0.5, 0.6) is 0 Å². The SMILES string of the molecule is COCc1ncc(-c2ccc(S(=O)(=O)Nc3cc(F)c(C(=O)N[C@@H](Cc4ccc(-n5c(=O)c6ccncc6n(C)c5=O)nc4)C(=O)OCC45CC6CC(CC(C6)C4)C5)cc3F)cc2)cn1. The molecule has 10 rings (SSSR count). The van der Waals surface area contributed by atoms with Crippen LogP contribution in [0.25, 0.3) is 27.8 Å². The highest BCUT2D eigenvalue weighted by atomic mass is 32.2. The zero-order valence-electron chi connectivity index (χ0n) is 35.4. The van der Waals surface area contributed by atoms with Crippen molar-refractivity contribution in [2.45, 2.75) is 62.5 Å². The molecule has 16 nitrogen and oxygen atoms in total. The normalized spacial score (nSPS) is 20.4. The fourth-order valence-corrected chi connectivity index (χ4v) is 11.2. The molecule has 6 aromatic rings. The van der Waals surface area contributed by atoms with Crippen molar-refractivity contribution < 1.29 is 36.3 Å². The number of carbonyl (C=O) groups excluding carboxylic acids is 2. The van der Waals surface area contributed by atoms with Gasteiger partial charge in [0.2, 0.25) is 0 Å². The minimum atomic E-state index is -4.44. The number of sulfonamides is 1. The van der Waals surface area contributed by atoms with Crippen LogP contribution in [0, 0.1) is 34.8 Å². The number of ether oxygens (including phenoxy) is 2. The minimum Gasteiger partial charge on any atom is -0.464 e. The highest BCUT2D eigenvalue weighted by molar-refractivity contribution is 7.92. The van der Waals surface area contributed by atoms with E-state index in [-0.39, 0.29) is 41.1 Å². The van der Waals surface area contributed by atoms with E-state index in [1.54, 1.807) is 12.4 Å². The van der Waals surface area contributed by atoms with Gasteiger partial charge in [-0.15, -0.1) is 0 Å². The fraction of sp³-hybridized carbons (Fsp3) is 0.348. The van der Waals surface area contributed by atoms with E-state index in [9.17, 15) is 27.6 Å². The standard InChI is InChI=1S/C46H44F2N8O8S/c1-55-39-23-49-10-9-33(39)43(58)56(45(55)60)41-8-3-26(20-52-41)14-38(44(59)64-25-46-17-27-11-28(18-46)13-29(12-27)19-46)53-42(57)34-15-36(48)37(16-35(34)47)54-65(61,62)32-6-4-30(5-7-32)31-21-50-40(24-63-2)51-22-31/h3-10,15-16,20-23,27-29,38,54H,11-14,17-19,24-25H2,1-2H3,(H,53,57)/t27?,28?,29?,38-,46?/m0/s1. The number of amides is 1. The number of fused-ring (bicyclic) bond motifs is 1. The van der Waals surface area contributed by atoms with Crippen LogP contribution in [0.4, 0.5) is 14.5 Å². The molecular weight excluding hydrogens is 863 g/mol. The summed E-state index contributed by atoms with van der Waals surface area (Å²) in [5, 5.41) is 2.75. The summed E-state index contributed by atoms with van der Waals surface area (Å²) in [6.45, 7) is 0.374. The maximum Gasteiger partial charge on any atom is 0.337 e. The third-order valence-corrected chi connectivity index (χ3v) is 14.2. The number of nitrogens with one attached hydrogen (secondary N) is 2. The van der Waals surface area contributed by atoms with Crippen LogP contribution >= 0.6 is 0 Å². The summed E-state index contributed by atoms with van der Waals surface area (Å²) in [5.41, 5.74) is -1.03. The van der Waals surface area contributed by atoms with Gasteiger partial charge in [0, 0.05) is 62.4 Å². The molecule has 4 bridgehead atoms. The molecule has 0 saturated heterocycles. The molecule has 4 aromatic heterocycles. The number of carbonyl (C=O) groups is 2. The second kappa shape index (κ2) is 17.3. The Balaban J connectivity index is 0.935. The van der Waals surface area contributed by atoms with E-state index in [0.29, 0.717) is 57.9 Å². The second-order valence-corrected chi connectivity index (χ2v) is 19.1. The lowest BCUT2D eigenvalue weighted by atomic mass is 9.50. The van der Waals surface area contributed by atoms with Crippen LogP contribution in [-0.2, 0) is 44.4 Å². The zero-order chi connectivity index (χ0) is 45.6. The van der Waals surface area contributed by atoms with Gasteiger partial charge < -0.3 is 14.8 Å². The highest BCUT2D eigenvalue weighted by Crippen LogP contribution is 2.60. The smallest absolute Gasteiger partial charge is 0.337 e. The summed E-state index contributed by atoms with van der Waals surface area (Å²) in [5.74, 6) is -2.25. The molecule has 4 fully saturated rings. The van der Waals surface area contributed by atoms with Crippen molar-refractivity contribution in [1.82, 2.24) is 34.4 Å². The average molecular weight is 907 g/mol. The summed E-state index contributed by atoms with van der Waals surface area (Å²) >= 11 is 0. The van der Waals surface area contributed by atoms with Gasteiger partial charge in [-0.3, -0.25) is 23.9 Å². The molecule has 0 aliphatic heterocycles. The van der Waals surface area contributed by atoms with Gasteiger partial charge in [0.25, 0.3) is 21.5 Å². The van der Waals surface area contributed by atoms with Crippen LogP contribution in [0.15, 0.2) is 100 Å². The lowest BCUT2D eigenvalue weighted by molar-refractivity contribution is -0.157. The predicted molar refractivity (Wildman–Crippen MR) is 232 cm³/mol. The number of anilines is 1. The van der Waals surface area contributed by atoms with E-state index in [0.717, 1.165) is 23.8 Å². The molecule has 0 unspecified atom stereocenters. The quantitative estimate of drug-likeness (QED) is 0.134. The number of esters is 1. The monoisotopic (exact) mass is 906 g/mol. The number of aromatic nitrogens is 6. The first-order valence-corrected chi connectivity index (χ1v) is 22.6. The molecule has 65 heavy (non-hydrogen) atoms. The summed E-state index contributed by atoms with van der Waals surface area (Å²) in [6.07, 6.45) is 13.5. The van der Waals surface area contributed by atoms with Gasteiger partial charge in [0.1, 0.15) is 30.1 Å². The molecule has 4 aliphatic carbocycles. The summed E-state index contributed by atoms with van der Waals surface area (Å²) in [4.78, 5) is 70.8. The van der Waals surface area contributed by atoms with Crippen molar-refractivity contribution in [3.05, 3.63) is 135 Å². The number of benzene rings is 2. The van der Waals surface area contributed by atoms with E-state index < -0.39 is 62.1 Å². The van der Waals surface area contributed by atoms with Gasteiger partial charge >= 0.3 is 11.7 Å². The Bertz CT molecular complexity index is 3020. The number of halogens is 2. The number of rotatable bonds is 14. The summed E-state index contributed by atoms with van der Waals surface area (Å²) in [7, 11) is -1.42. The van der Waals surface area contributed by atoms with Crippen molar-refractivity contribution in [3.8, 4) is 16.9 Å². The van der Waals surface area contributed by atoms with Crippen LogP contribution < -0.4 is 21.3 Å². The van der Waals surface area contributed by atoms with Crippen molar-refractivity contribution in [1.29, 1.82) is 0 Å². The van der Waals surface area contributed by atoms with Crippen molar-refractivity contribution in [2.24, 2.45) is 30.2 Å². The molecule has 0 spiro atoms. The first-order chi connectivity index (χ1) is 31.2. The summed E-state index contributed by atoms with van der Waals surface area (Å²) in [6, 6.07) is 9.71. The Morgan fingerprint density at radius 3 is 2.22 bits per heavy atom. The number of aryl methyl sites for hydroxylation is 1. The molecule has 0 radical (unpaired) electrons. The molecular formula is C46H44F2N8O8S. The molecule has 1 amide bonds. The largest absolute Gasteiger partial charge is 0.464 e. The molecule has 4 saturated carbocycles. The molecule has 2 aromatic carbocycles. The first kappa shape index (κ1) is 43.5. The number of pyridine rings is 2. The average Bonchev–Trinajstić information content (AvgIpc) is 3.29. The maximum atomic E-state index is 15.8. The molecule has 4 aliphatic rings. The number of nitrogens with zero attached hydrogens (tertiary/aromatic N) is 6. The van der Waals surface area contributed by atoms with Crippen LogP contribution in [0.1, 0.15) is 60.3 Å². The van der Waals surface area contributed by atoms with Gasteiger partial charge in [-0.05, 0) is 97.7 Å². The second-order valence-electron chi connectivity index (χ2n) is 17.4. The van der Waals surface area contributed by atoms with Crippen molar-refractivity contribution in [3.63, 3.8) is 0 Å². The Morgan fingerprint density at radius 2 is 1.57 bits per heavy atom. The minimum absolute atomic E-state index is 0.00710. The van der Waals surface area contributed by atoms with Crippen LogP contribution in [0.2, 0.25) is 0 Å². The molecule has 1 atom stereocenters. The molecule has 19 heteroatoms. The van der Waals surface area contributed by atoms with Crippen molar-refractivity contribution >= 4 is 38.5 Å². The maximum absolute atomic E-state index is 15.8. The number of hydrogen-bond acceptors (Lipinski definition) is 12. The topological polar surface area (TPSA) is 206 Å².